The molecule has 7 nitrogen and oxygen atoms in total. The Balaban J connectivity index is 1.70. The summed E-state index contributed by atoms with van der Waals surface area (Å²) in [6, 6.07) is 14.5. The first-order valence-corrected chi connectivity index (χ1v) is 9.10. The maximum absolute atomic E-state index is 12.6. The quantitative estimate of drug-likeness (QED) is 0.647. The van der Waals surface area contributed by atoms with E-state index in [1.165, 1.54) is 0 Å². The predicted molar refractivity (Wildman–Crippen MR) is 106 cm³/mol. The number of nitro benzene ring substituents is 1. The number of carbonyl (C=O) groups excluding carboxylic acids is 1. The number of rotatable bonds is 5. The summed E-state index contributed by atoms with van der Waals surface area (Å²) in [5.41, 5.74) is 2.22. The predicted octanol–water partition coefficient (Wildman–Crippen LogP) is 3.38. The number of piperazine rings is 1. The summed E-state index contributed by atoms with van der Waals surface area (Å²) in [6.07, 6.45) is 0. The number of benzene rings is 2. The highest BCUT2D eigenvalue weighted by Gasteiger charge is 2.24. The van der Waals surface area contributed by atoms with Gasteiger partial charge >= 0.3 is 0 Å². The summed E-state index contributed by atoms with van der Waals surface area (Å²) in [5, 5.41) is 14.4. The topological polar surface area (TPSA) is 78.7 Å². The molecule has 1 aliphatic heterocycles. The van der Waals surface area contributed by atoms with Crippen molar-refractivity contribution >= 4 is 23.0 Å². The number of nitrogens with zero attached hydrogens (tertiary/aromatic N) is 3. The van der Waals surface area contributed by atoms with Crippen LogP contribution >= 0.6 is 0 Å². The standard InChI is InChI=1S/C20H24N4O3/c1-15(2)21-18-14-17(8-9-19(18)24(26)27)22-10-12-23(13-11-22)20(25)16-6-4-3-5-7-16/h3-9,14-15,21H,10-13H2,1-2H3. The molecule has 1 amide bonds. The van der Waals surface area contributed by atoms with Gasteiger partial charge in [0, 0.05) is 49.5 Å². The van der Waals surface area contributed by atoms with Gasteiger partial charge in [-0.05, 0) is 38.1 Å². The van der Waals surface area contributed by atoms with Gasteiger partial charge < -0.3 is 15.1 Å². The van der Waals surface area contributed by atoms with E-state index >= 15 is 0 Å². The SMILES string of the molecule is CC(C)Nc1cc(N2CCN(C(=O)c3ccccc3)CC2)ccc1[N+](=O)[O-]. The van der Waals surface area contributed by atoms with Crippen LogP contribution in [0, 0.1) is 10.1 Å². The van der Waals surface area contributed by atoms with Gasteiger partial charge in [0.15, 0.2) is 0 Å². The third-order valence-corrected chi connectivity index (χ3v) is 4.57. The van der Waals surface area contributed by atoms with E-state index in [1.54, 1.807) is 12.1 Å². The van der Waals surface area contributed by atoms with Crippen LogP contribution in [0.2, 0.25) is 0 Å². The van der Waals surface area contributed by atoms with Crippen molar-refractivity contribution < 1.29 is 9.72 Å². The van der Waals surface area contributed by atoms with Crippen molar-refractivity contribution in [2.24, 2.45) is 0 Å². The van der Waals surface area contributed by atoms with E-state index in [4.69, 9.17) is 0 Å². The lowest BCUT2D eigenvalue weighted by Gasteiger charge is -2.36. The molecule has 27 heavy (non-hydrogen) atoms. The van der Waals surface area contributed by atoms with Crippen molar-refractivity contribution in [1.29, 1.82) is 0 Å². The van der Waals surface area contributed by atoms with Crippen molar-refractivity contribution in [3.05, 3.63) is 64.2 Å². The van der Waals surface area contributed by atoms with Crippen LogP contribution in [-0.4, -0.2) is 48.0 Å². The smallest absolute Gasteiger partial charge is 0.292 e. The first-order chi connectivity index (χ1) is 13.0. The molecule has 0 saturated carbocycles. The van der Waals surface area contributed by atoms with Gasteiger partial charge in [-0.25, -0.2) is 0 Å². The molecule has 7 heteroatoms. The summed E-state index contributed by atoms with van der Waals surface area (Å²) in [4.78, 5) is 27.5. The molecule has 3 rings (SSSR count). The second-order valence-corrected chi connectivity index (χ2v) is 6.90. The van der Waals surface area contributed by atoms with Gasteiger partial charge in [0.1, 0.15) is 5.69 Å². The number of carbonyl (C=O) groups is 1. The zero-order valence-corrected chi connectivity index (χ0v) is 15.6. The average molecular weight is 368 g/mol. The molecule has 0 atom stereocenters. The van der Waals surface area contributed by atoms with E-state index in [0.717, 1.165) is 5.69 Å². The minimum atomic E-state index is -0.370. The highest BCUT2D eigenvalue weighted by molar-refractivity contribution is 5.94. The van der Waals surface area contributed by atoms with Gasteiger partial charge in [0.05, 0.1) is 4.92 Å². The summed E-state index contributed by atoms with van der Waals surface area (Å²) in [5.74, 6) is 0.0427. The van der Waals surface area contributed by atoms with Crippen LogP contribution in [-0.2, 0) is 0 Å². The molecule has 0 spiro atoms. The Bertz CT molecular complexity index is 815. The first kappa shape index (κ1) is 18.7. The average Bonchev–Trinajstić information content (AvgIpc) is 2.67. The summed E-state index contributed by atoms with van der Waals surface area (Å²) in [6.45, 7) is 6.53. The Labute approximate surface area is 158 Å². The van der Waals surface area contributed by atoms with Gasteiger partial charge in [-0.3, -0.25) is 14.9 Å². The van der Waals surface area contributed by atoms with Gasteiger partial charge in [-0.15, -0.1) is 0 Å². The normalized spacial score (nSPS) is 14.3. The van der Waals surface area contributed by atoms with Crippen LogP contribution in [0.25, 0.3) is 0 Å². The number of anilines is 2. The highest BCUT2D eigenvalue weighted by atomic mass is 16.6. The lowest BCUT2D eigenvalue weighted by atomic mass is 10.1. The molecule has 1 heterocycles. The molecule has 0 bridgehead atoms. The van der Waals surface area contributed by atoms with Gasteiger partial charge in [0.25, 0.3) is 11.6 Å². The van der Waals surface area contributed by atoms with Gasteiger partial charge in [-0.1, -0.05) is 18.2 Å². The molecule has 0 aromatic heterocycles. The minimum Gasteiger partial charge on any atom is -0.377 e. The largest absolute Gasteiger partial charge is 0.377 e. The van der Waals surface area contributed by atoms with Crippen LogP contribution in [0.4, 0.5) is 17.1 Å². The highest BCUT2D eigenvalue weighted by Crippen LogP contribution is 2.30. The van der Waals surface area contributed by atoms with E-state index in [9.17, 15) is 14.9 Å². The molecule has 142 valence electrons. The van der Waals surface area contributed by atoms with Crippen molar-refractivity contribution in [2.45, 2.75) is 19.9 Å². The summed E-state index contributed by atoms with van der Waals surface area (Å²) >= 11 is 0. The first-order valence-electron chi connectivity index (χ1n) is 9.10. The zero-order chi connectivity index (χ0) is 19.4. The molecule has 1 N–H and O–H groups in total. The van der Waals surface area contributed by atoms with E-state index in [1.807, 2.05) is 55.1 Å². The Morgan fingerprint density at radius 2 is 1.74 bits per heavy atom. The lowest BCUT2D eigenvalue weighted by Crippen LogP contribution is -2.48. The number of hydrogen-bond donors (Lipinski definition) is 1. The van der Waals surface area contributed by atoms with Crippen LogP contribution in [0.1, 0.15) is 24.2 Å². The van der Waals surface area contributed by atoms with Crippen LogP contribution in [0.3, 0.4) is 0 Å². The molecule has 0 aliphatic carbocycles. The molecule has 0 radical (unpaired) electrons. The number of nitro groups is 1. The third kappa shape index (κ3) is 4.36. The van der Waals surface area contributed by atoms with E-state index in [2.05, 4.69) is 10.2 Å². The van der Waals surface area contributed by atoms with Crippen molar-refractivity contribution in [3.8, 4) is 0 Å². The Morgan fingerprint density at radius 1 is 1.07 bits per heavy atom. The minimum absolute atomic E-state index is 0.0427. The Kier molecular flexibility index (Phi) is 5.59. The molecule has 2 aromatic rings. The lowest BCUT2D eigenvalue weighted by molar-refractivity contribution is -0.384. The number of nitrogens with one attached hydrogen (secondary N) is 1. The fraction of sp³-hybridized carbons (Fsp3) is 0.350. The van der Waals surface area contributed by atoms with Crippen molar-refractivity contribution in [1.82, 2.24) is 4.90 Å². The number of hydrogen-bond acceptors (Lipinski definition) is 5. The monoisotopic (exact) mass is 368 g/mol. The molecule has 1 saturated heterocycles. The maximum atomic E-state index is 12.6. The van der Waals surface area contributed by atoms with E-state index < -0.39 is 0 Å². The van der Waals surface area contributed by atoms with E-state index in [0.29, 0.717) is 37.4 Å². The van der Waals surface area contributed by atoms with Crippen molar-refractivity contribution in [2.75, 3.05) is 36.4 Å². The summed E-state index contributed by atoms with van der Waals surface area (Å²) < 4.78 is 0. The fourth-order valence-electron chi connectivity index (χ4n) is 3.24. The molecule has 0 unspecified atom stereocenters. The van der Waals surface area contributed by atoms with E-state index in [-0.39, 0.29) is 22.6 Å². The molecular formula is C20H24N4O3. The van der Waals surface area contributed by atoms with Crippen LogP contribution in [0.15, 0.2) is 48.5 Å². The second-order valence-electron chi connectivity index (χ2n) is 6.90. The molecule has 1 aliphatic rings. The molecular weight excluding hydrogens is 344 g/mol. The van der Waals surface area contributed by atoms with Gasteiger partial charge in [0.2, 0.25) is 0 Å². The number of amides is 1. The van der Waals surface area contributed by atoms with Crippen LogP contribution in [0.5, 0.6) is 0 Å². The van der Waals surface area contributed by atoms with Crippen LogP contribution < -0.4 is 10.2 Å². The van der Waals surface area contributed by atoms with Crippen molar-refractivity contribution in [3.63, 3.8) is 0 Å². The van der Waals surface area contributed by atoms with Gasteiger partial charge in [-0.2, -0.15) is 0 Å². The second kappa shape index (κ2) is 8.07. The zero-order valence-electron chi connectivity index (χ0n) is 15.6. The molecule has 2 aromatic carbocycles. The fourth-order valence-corrected chi connectivity index (χ4v) is 3.24. The Morgan fingerprint density at radius 3 is 2.33 bits per heavy atom. The Hall–Kier alpha value is -3.09. The third-order valence-electron chi connectivity index (χ3n) is 4.57. The maximum Gasteiger partial charge on any atom is 0.292 e. The summed E-state index contributed by atoms with van der Waals surface area (Å²) in [7, 11) is 0. The molecule has 1 fully saturated rings.